The van der Waals surface area contributed by atoms with Gasteiger partial charge in [-0.2, -0.15) is 8.42 Å². The quantitative estimate of drug-likeness (QED) is 0.902. The predicted octanol–water partition coefficient (Wildman–Crippen LogP) is 1.40. The van der Waals surface area contributed by atoms with Gasteiger partial charge < -0.3 is 10.6 Å². The molecule has 0 bridgehead atoms. The van der Waals surface area contributed by atoms with Gasteiger partial charge in [0.25, 0.3) is 10.0 Å². The number of nitrogens with two attached hydrogens (primary N) is 1. The van der Waals surface area contributed by atoms with Crippen molar-refractivity contribution in [1.29, 1.82) is 0 Å². The summed E-state index contributed by atoms with van der Waals surface area (Å²) in [4.78, 5) is 6.00. The Balaban J connectivity index is 1.98. The number of nitrogen functional groups attached to an aromatic ring is 1. The summed E-state index contributed by atoms with van der Waals surface area (Å²) >= 11 is 0. The fourth-order valence-electron chi connectivity index (χ4n) is 2.00. The second-order valence-corrected chi connectivity index (χ2v) is 5.98. The molecule has 2 aromatic rings. The molecule has 0 atom stereocenters. The molecule has 1 aliphatic rings. The zero-order valence-electron chi connectivity index (χ0n) is 10.5. The Labute approximate surface area is 116 Å². The maximum Gasteiger partial charge on any atom is 0.285 e. The number of fused-ring (bicyclic) bond motifs is 1. The third-order valence-corrected chi connectivity index (χ3v) is 4.25. The zero-order chi connectivity index (χ0) is 14.2. The number of nitrogens with zero attached hydrogens (tertiary/aromatic N) is 3. The third kappa shape index (κ3) is 2.23. The number of rotatable bonds is 2. The first-order valence-corrected chi connectivity index (χ1v) is 7.37. The lowest BCUT2D eigenvalue weighted by Crippen LogP contribution is -2.26. The van der Waals surface area contributed by atoms with Crippen LogP contribution in [0.3, 0.4) is 0 Å². The van der Waals surface area contributed by atoms with E-state index in [2.05, 4.69) is 9.38 Å². The maximum absolute atomic E-state index is 11.9. The molecule has 0 unspecified atom stereocenters. The molecule has 0 saturated heterocycles. The molecule has 102 valence electrons. The smallest absolute Gasteiger partial charge is 0.285 e. The maximum atomic E-state index is 11.9. The molecule has 6 nitrogen and oxygen atoms in total. The molecule has 7 heteroatoms. The van der Waals surface area contributed by atoms with Crippen LogP contribution in [0.5, 0.6) is 0 Å². The molecule has 0 amide bonds. The topological polar surface area (TPSA) is 88.6 Å². The number of hydrogen-bond acceptors (Lipinski definition) is 5. The number of hydrogen-bond donors (Lipinski definition) is 1. The number of sulfonamides is 1. The van der Waals surface area contributed by atoms with Crippen LogP contribution < -0.4 is 10.6 Å². The third-order valence-electron chi connectivity index (χ3n) is 2.98. The fourth-order valence-corrected chi connectivity index (χ4v) is 3.05. The van der Waals surface area contributed by atoms with E-state index in [1.165, 1.54) is 6.34 Å². The Morgan fingerprint density at radius 3 is 2.70 bits per heavy atom. The molecule has 0 radical (unpaired) electrons. The summed E-state index contributed by atoms with van der Waals surface area (Å²) in [5, 5.41) is 0. The molecular formula is C13H12N4O2S. The second-order valence-electron chi connectivity index (χ2n) is 4.38. The molecule has 0 spiro atoms. The van der Waals surface area contributed by atoms with E-state index in [4.69, 9.17) is 5.73 Å². The van der Waals surface area contributed by atoms with Crippen LogP contribution in [0.15, 0.2) is 51.9 Å². The zero-order valence-corrected chi connectivity index (χ0v) is 11.3. The highest BCUT2D eigenvalue weighted by Gasteiger charge is 2.24. The standard InChI is InChI=1S/C13H12N4O2S/c14-13-6-5-10(7-15-13)8-17-9-16-20(18,19)12-4-2-1-3-11(12)17/h1-7,9H,8H2,(H2,14,15). The van der Waals surface area contributed by atoms with Crippen molar-refractivity contribution in [2.75, 3.05) is 10.6 Å². The minimum Gasteiger partial charge on any atom is -0.384 e. The van der Waals surface area contributed by atoms with E-state index in [1.807, 2.05) is 6.07 Å². The van der Waals surface area contributed by atoms with Gasteiger partial charge in [0.05, 0.1) is 12.2 Å². The molecular weight excluding hydrogens is 276 g/mol. The lowest BCUT2D eigenvalue weighted by molar-refractivity contribution is 0.597. The van der Waals surface area contributed by atoms with Gasteiger partial charge in [-0.15, -0.1) is 4.40 Å². The van der Waals surface area contributed by atoms with Gasteiger partial charge in [0, 0.05) is 6.20 Å². The van der Waals surface area contributed by atoms with Crippen molar-refractivity contribution < 1.29 is 8.42 Å². The van der Waals surface area contributed by atoms with Crippen LogP contribution in [-0.4, -0.2) is 19.7 Å². The van der Waals surface area contributed by atoms with Crippen LogP contribution in [-0.2, 0) is 16.6 Å². The lowest BCUT2D eigenvalue weighted by atomic mass is 10.2. The van der Waals surface area contributed by atoms with Gasteiger partial charge in [0.1, 0.15) is 17.1 Å². The van der Waals surface area contributed by atoms with Crippen LogP contribution >= 0.6 is 0 Å². The summed E-state index contributed by atoms with van der Waals surface area (Å²) in [6, 6.07) is 10.3. The Kier molecular flexibility index (Phi) is 2.90. The summed E-state index contributed by atoms with van der Waals surface area (Å²) in [6.45, 7) is 0.476. The summed E-state index contributed by atoms with van der Waals surface area (Å²) in [7, 11) is -3.58. The van der Waals surface area contributed by atoms with Crippen LogP contribution in [0.2, 0.25) is 0 Å². The van der Waals surface area contributed by atoms with E-state index in [1.54, 1.807) is 41.4 Å². The highest BCUT2D eigenvalue weighted by Crippen LogP contribution is 2.30. The average Bonchev–Trinajstić information content (AvgIpc) is 2.45. The van der Waals surface area contributed by atoms with E-state index in [9.17, 15) is 8.42 Å². The van der Waals surface area contributed by atoms with Gasteiger partial charge in [-0.1, -0.05) is 18.2 Å². The van der Waals surface area contributed by atoms with Crippen LogP contribution in [0.1, 0.15) is 5.56 Å². The lowest BCUT2D eigenvalue weighted by Gasteiger charge is -2.24. The van der Waals surface area contributed by atoms with Crippen molar-refractivity contribution in [3.05, 3.63) is 48.2 Å². The first-order chi connectivity index (χ1) is 9.56. The molecule has 1 aliphatic heterocycles. The van der Waals surface area contributed by atoms with E-state index in [0.29, 0.717) is 18.1 Å². The molecule has 0 aliphatic carbocycles. The van der Waals surface area contributed by atoms with Crippen molar-refractivity contribution in [3.63, 3.8) is 0 Å². The SMILES string of the molecule is Nc1ccc(CN2C=NS(=O)(=O)c3ccccc32)cn1. The summed E-state index contributed by atoms with van der Waals surface area (Å²) in [6.07, 6.45) is 2.99. The normalized spacial score (nSPS) is 15.9. The molecule has 2 heterocycles. The van der Waals surface area contributed by atoms with Gasteiger partial charge >= 0.3 is 0 Å². The molecule has 20 heavy (non-hydrogen) atoms. The van der Waals surface area contributed by atoms with Crippen molar-refractivity contribution in [3.8, 4) is 0 Å². The van der Waals surface area contributed by atoms with Crippen molar-refractivity contribution in [2.45, 2.75) is 11.4 Å². The van der Waals surface area contributed by atoms with E-state index < -0.39 is 10.0 Å². The Hall–Kier alpha value is -2.41. The largest absolute Gasteiger partial charge is 0.384 e. The van der Waals surface area contributed by atoms with Crippen LogP contribution in [0.25, 0.3) is 0 Å². The van der Waals surface area contributed by atoms with Crippen molar-refractivity contribution in [1.82, 2.24) is 4.98 Å². The molecule has 0 fully saturated rings. The van der Waals surface area contributed by atoms with Crippen LogP contribution in [0, 0.1) is 0 Å². The molecule has 2 N–H and O–H groups in total. The van der Waals surface area contributed by atoms with Crippen molar-refractivity contribution >= 4 is 27.9 Å². The molecule has 1 aromatic carbocycles. The predicted molar refractivity (Wildman–Crippen MR) is 77.0 cm³/mol. The van der Waals surface area contributed by atoms with E-state index in [-0.39, 0.29) is 4.90 Å². The van der Waals surface area contributed by atoms with Gasteiger partial charge in [0.15, 0.2) is 0 Å². The number of pyridine rings is 1. The Bertz CT molecular complexity index is 769. The molecule has 3 rings (SSSR count). The molecule has 1 aromatic heterocycles. The minimum atomic E-state index is -3.58. The van der Waals surface area contributed by atoms with Gasteiger partial charge in [-0.05, 0) is 23.8 Å². The average molecular weight is 288 g/mol. The number of benzene rings is 1. The highest BCUT2D eigenvalue weighted by molar-refractivity contribution is 7.90. The summed E-state index contributed by atoms with van der Waals surface area (Å²) in [5.74, 6) is 0.448. The minimum absolute atomic E-state index is 0.214. The Morgan fingerprint density at radius 1 is 1.15 bits per heavy atom. The summed E-state index contributed by atoms with van der Waals surface area (Å²) in [5.41, 5.74) is 7.07. The van der Waals surface area contributed by atoms with E-state index >= 15 is 0 Å². The van der Waals surface area contributed by atoms with Crippen molar-refractivity contribution in [2.24, 2.45) is 4.40 Å². The van der Waals surface area contributed by atoms with Gasteiger partial charge in [-0.3, -0.25) is 0 Å². The first-order valence-electron chi connectivity index (χ1n) is 5.93. The first kappa shape index (κ1) is 12.6. The number of para-hydroxylation sites is 1. The van der Waals surface area contributed by atoms with Crippen LogP contribution in [0.4, 0.5) is 11.5 Å². The van der Waals surface area contributed by atoms with Gasteiger partial charge in [0.2, 0.25) is 0 Å². The van der Waals surface area contributed by atoms with Gasteiger partial charge in [-0.25, -0.2) is 4.98 Å². The second kappa shape index (κ2) is 4.61. The monoisotopic (exact) mass is 288 g/mol. The summed E-state index contributed by atoms with van der Waals surface area (Å²) < 4.78 is 27.4. The highest BCUT2D eigenvalue weighted by atomic mass is 32.2. The van der Waals surface area contributed by atoms with E-state index in [0.717, 1.165) is 5.56 Å². The number of anilines is 2. The molecule has 0 saturated carbocycles. The Morgan fingerprint density at radius 2 is 1.95 bits per heavy atom. The number of aromatic nitrogens is 1. The fraction of sp³-hybridized carbons (Fsp3) is 0.0769.